The molecule has 1 aromatic rings. The summed E-state index contributed by atoms with van der Waals surface area (Å²) in [7, 11) is 1.69. The van der Waals surface area contributed by atoms with E-state index in [0.717, 1.165) is 0 Å². The van der Waals surface area contributed by atoms with Gasteiger partial charge >= 0.3 is 5.97 Å². The molecule has 1 aromatic carbocycles. The molecule has 0 spiro atoms. The molecule has 16 heavy (non-hydrogen) atoms. The van der Waals surface area contributed by atoms with Gasteiger partial charge in [0.1, 0.15) is 0 Å². The molecule has 0 atom stereocenters. The summed E-state index contributed by atoms with van der Waals surface area (Å²) in [5, 5.41) is 19.5. The van der Waals surface area contributed by atoms with Crippen molar-refractivity contribution >= 4 is 17.3 Å². The first kappa shape index (κ1) is 12.0. The summed E-state index contributed by atoms with van der Waals surface area (Å²) in [6.07, 6.45) is 0. The van der Waals surface area contributed by atoms with E-state index in [1.54, 1.807) is 11.9 Å². The molecule has 0 aliphatic carbocycles. The van der Waals surface area contributed by atoms with Crippen LogP contribution in [0.15, 0.2) is 18.2 Å². The largest absolute Gasteiger partial charge is 0.478 e. The van der Waals surface area contributed by atoms with Gasteiger partial charge < -0.3 is 10.0 Å². The van der Waals surface area contributed by atoms with Gasteiger partial charge in [-0.3, -0.25) is 10.1 Å². The Morgan fingerprint density at radius 1 is 1.56 bits per heavy atom. The van der Waals surface area contributed by atoms with Crippen LogP contribution in [0.25, 0.3) is 0 Å². The summed E-state index contributed by atoms with van der Waals surface area (Å²) in [5.74, 6) is -1.09. The van der Waals surface area contributed by atoms with Gasteiger partial charge in [-0.1, -0.05) is 0 Å². The maximum Gasteiger partial charge on any atom is 0.337 e. The highest BCUT2D eigenvalue weighted by molar-refractivity contribution is 5.95. The van der Waals surface area contributed by atoms with E-state index in [-0.39, 0.29) is 11.3 Å². The number of nitrogens with zero attached hydrogens (tertiary/aromatic N) is 2. The van der Waals surface area contributed by atoms with E-state index in [4.69, 9.17) is 5.11 Å². The Balaban J connectivity index is 3.32. The summed E-state index contributed by atoms with van der Waals surface area (Å²) >= 11 is 0. The number of aromatic carboxylic acids is 1. The maximum absolute atomic E-state index is 10.9. The quantitative estimate of drug-likeness (QED) is 0.622. The Morgan fingerprint density at radius 2 is 2.19 bits per heavy atom. The average Bonchev–Trinajstić information content (AvgIpc) is 2.26. The van der Waals surface area contributed by atoms with E-state index in [1.165, 1.54) is 18.2 Å². The van der Waals surface area contributed by atoms with E-state index in [2.05, 4.69) is 0 Å². The number of carboxylic acids is 1. The first-order valence-electron chi connectivity index (χ1n) is 4.70. The summed E-state index contributed by atoms with van der Waals surface area (Å²) in [6, 6.07) is 3.71. The van der Waals surface area contributed by atoms with Gasteiger partial charge in [-0.2, -0.15) is 0 Å². The van der Waals surface area contributed by atoms with Gasteiger partial charge in [0.2, 0.25) is 0 Å². The number of nitro benzene ring substituents is 1. The van der Waals surface area contributed by atoms with Crippen molar-refractivity contribution in [2.45, 2.75) is 6.92 Å². The molecule has 0 fully saturated rings. The number of hydrogen-bond acceptors (Lipinski definition) is 4. The molecule has 0 unspecified atom stereocenters. The number of hydrogen-bond donors (Lipinski definition) is 1. The monoisotopic (exact) mass is 224 g/mol. The van der Waals surface area contributed by atoms with Gasteiger partial charge in [0.15, 0.2) is 0 Å². The molecule has 0 aliphatic heterocycles. The molecule has 0 saturated heterocycles. The van der Waals surface area contributed by atoms with Crippen molar-refractivity contribution in [3.63, 3.8) is 0 Å². The average molecular weight is 224 g/mol. The smallest absolute Gasteiger partial charge is 0.337 e. The van der Waals surface area contributed by atoms with E-state index in [9.17, 15) is 14.9 Å². The zero-order valence-electron chi connectivity index (χ0n) is 9.01. The molecular formula is C10H12N2O4. The van der Waals surface area contributed by atoms with Crippen LogP contribution in [-0.2, 0) is 0 Å². The third-order valence-corrected chi connectivity index (χ3v) is 2.31. The lowest BCUT2D eigenvalue weighted by molar-refractivity contribution is -0.384. The Kier molecular flexibility index (Phi) is 3.44. The fraction of sp³-hybridized carbons (Fsp3) is 0.300. The Morgan fingerprint density at radius 3 is 2.62 bits per heavy atom. The lowest BCUT2D eigenvalue weighted by Crippen LogP contribution is -2.19. The second-order valence-corrected chi connectivity index (χ2v) is 3.28. The first-order valence-corrected chi connectivity index (χ1v) is 4.70. The fourth-order valence-corrected chi connectivity index (χ4v) is 1.30. The van der Waals surface area contributed by atoms with Gasteiger partial charge in [0, 0.05) is 25.7 Å². The Labute approximate surface area is 92.3 Å². The molecule has 0 saturated carbocycles. The molecule has 0 aromatic heterocycles. The first-order chi connectivity index (χ1) is 7.47. The van der Waals surface area contributed by atoms with Crippen LogP contribution in [0.4, 0.5) is 11.4 Å². The van der Waals surface area contributed by atoms with Crippen LogP contribution in [0.5, 0.6) is 0 Å². The fourth-order valence-electron chi connectivity index (χ4n) is 1.30. The standard InChI is InChI=1S/C10H12N2O4/c1-3-11(2)9-6-7(12(15)16)4-5-8(9)10(13)14/h4-6H,3H2,1-2H3,(H,13,14). The van der Waals surface area contributed by atoms with Crippen LogP contribution in [0.3, 0.4) is 0 Å². The molecule has 0 aliphatic rings. The Bertz CT molecular complexity index is 431. The molecule has 86 valence electrons. The van der Waals surface area contributed by atoms with Gasteiger partial charge in [-0.25, -0.2) is 4.79 Å². The minimum atomic E-state index is -1.09. The molecule has 6 nitrogen and oxygen atoms in total. The van der Waals surface area contributed by atoms with Crippen molar-refractivity contribution in [1.29, 1.82) is 0 Å². The number of carboxylic acid groups (broad SMARTS) is 1. The van der Waals surface area contributed by atoms with E-state index in [1.807, 2.05) is 6.92 Å². The second kappa shape index (κ2) is 4.61. The molecule has 1 N–H and O–H groups in total. The maximum atomic E-state index is 10.9. The minimum Gasteiger partial charge on any atom is -0.478 e. The van der Waals surface area contributed by atoms with Crippen LogP contribution < -0.4 is 4.90 Å². The van der Waals surface area contributed by atoms with Gasteiger partial charge in [-0.15, -0.1) is 0 Å². The molecule has 1 rings (SSSR count). The highest BCUT2D eigenvalue weighted by Gasteiger charge is 2.17. The van der Waals surface area contributed by atoms with Crippen molar-refractivity contribution in [2.24, 2.45) is 0 Å². The summed E-state index contributed by atoms with van der Waals surface area (Å²) in [5.41, 5.74) is 0.305. The predicted octanol–water partition coefficient (Wildman–Crippen LogP) is 1.75. The van der Waals surface area contributed by atoms with Crippen molar-refractivity contribution in [2.75, 3.05) is 18.5 Å². The van der Waals surface area contributed by atoms with Gasteiger partial charge in [0.25, 0.3) is 5.69 Å². The highest BCUT2D eigenvalue weighted by Crippen LogP contribution is 2.25. The number of nitro groups is 1. The van der Waals surface area contributed by atoms with Crippen LogP contribution >= 0.6 is 0 Å². The molecule has 0 heterocycles. The molecular weight excluding hydrogens is 212 g/mol. The highest BCUT2D eigenvalue weighted by atomic mass is 16.6. The lowest BCUT2D eigenvalue weighted by Gasteiger charge is -2.18. The molecule has 6 heteroatoms. The van der Waals surface area contributed by atoms with Crippen molar-refractivity contribution in [1.82, 2.24) is 0 Å². The second-order valence-electron chi connectivity index (χ2n) is 3.28. The van der Waals surface area contributed by atoms with E-state index in [0.29, 0.717) is 12.2 Å². The molecule has 0 bridgehead atoms. The number of benzene rings is 1. The van der Waals surface area contributed by atoms with Crippen molar-refractivity contribution in [3.05, 3.63) is 33.9 Å². The summed E-state index contributed by atoms with van der Waals surface area (Å²) < 4.78 is 0. The van der Waals surface area contributed by atoms with Crippen molar-refractivity contribution < 1.29 is 14.8 Å². The van der Waals surface area contributed by atoms with E-state index >= 15 is 0 Å². The Hall–Kier alpha value is -2.11. The number of rotatable bonds is 4. The number of anilines is 1. The number of carbonyl (C=O) groups is 1. The third-order valence-electron chi connectivity index (χ3n) is 2.31. The molecule has 0 amide bonds. The minimum absolute atomic E-state index is 0.0648. The van der Waals surface area contributed by atoms with Crippen LogP contribution in [0.2, 0.25) is 0 Å². The molecule has 0 radical (unpaired) electrons. The normalized spacial score (nSPS) is 9.88. The van der Waals surface area contributed by atoms with Crippen LogP contribution in [0, 0.1) is 10.1 Å². The SMILES string of the molecule is CCN(C)c1cc([N+](=O)[O-])ccc1C(=O)O. The summed E-state index contributed by atoms with van der Waals surface area (Å²) in [6.45, 7) is 2.41. The van der Waals surface area contributed by atoms with E-state index < -0.39 is 10.9 Å². The topological polar surface area (TPSA) is 83.7 Å². The predicted molar refractivity (Wildman–Crippen MR) is 59.0 cm³/mol. The zero-order chi connectivity index (χ0) is 12.3. The van der Waals surface area contributed by atoms with Crippen LogP contribution in [0.1, 0.15) is 17.3 Å². The lowest BCUT2D eigenvalue weighted by atomic mass is 10.1. The zero-order valence-corrected chi connectivity index (χ0v) is 9.01. The van der Waals surface area contributed by atoms with Gasteiger partial charge in [0.05, 0.1) is 16.2 Å². The van der Waals surface area contributed by atoms with Crippen molar-refractivity contribution in [3.8, 4) is 0 Å². The van der Waals surface area contributed by atoms with Gasteiger partial charge in [-0.05, 0) is 13.0 Å². The third kappa shape index (κ3) is 2.28. The number of non-ortho nitro benzene ring substituents is 1. The van der Waals surface area contributed by atoms with Crippen LogP contribution in [-0.4, -0.2) is 29.6 Å². The summed E-state index contributed by atoms with van der Waals surface area (Å²) in [4.78, 5) is 22.6.